The Morgan fingerprint density at radius 3 is 2.47 bits per heavy atom. The van der Waals surface area contributed by atoms with Crippen molar-refractivity contribution >= 4 is 5.97 Å². The topological polar surface area (TPSA) is 72.5 Å². The molecule has 15 heavy (non-hydrogen) atoms. The number of phenols is 1. The summed E-state index contributed by atoms with van der Waals surface area (Å²) in [4.78, 5) is 11.0. The van der Waals surface area contributed by atoms with Crippen LogP contribution in [0.25, 0.3) is 0 Å². The number of carbonyl (C=O) groups excluding carboxylic acids is 1. The van der Waals surface area contributed by atoms with Gasteiger partial charge in [-0.05, 0) is 24.1 Å². The fraction of sp³-hybridized carbons (Fsp3) is 0.364. The third-order valence-corrected chi connectivity index (χ3v) is 1.90. The molecule has 3 N–H and O–H groups in total. The van der Waals surface area contributed by atoms with Crippen molar-refractivity contribution in [3.8, 4) is 5.75 Å². The minimum Gasteiger partial charge on any atom is -0.508 e. The van der Waals surface area contributed by atoms with Crippen LogP contribution in [-0.4, -0.2) is 24.2 Å². The molecule has 4 heteroatoms. The fourth-order valence-electron chi connectivity index (χ4n) is 1.12. The number of methoxy groups -OCH3 is 1. The average Bonchev–Trinajstić information content (AvgIpc) is 2.20. The van der Waals surface area contributed by atoms with Crippen LogP contribution >= 0.6 is 0 Å². The predicted octanol–water partition coefficient (Wildman–Crippen LogP) is 1.07. The standard InChI is InChI=1S/C10H13NO3.CH4/c1-14-10(13)9(11)6-7-2-4-8(12)5-3-7;/h2-5,9,12H,6,11H2,1H3;1H4/t9-;/m0./s1. The van der Waals surface area contributed by atoms with E-state index in [9.17, 15) is 4.79 Å². The number of hydrogen-bond donors (Lipinski definition) is 2. The van der Waals surface area contributed by atoms with Gasteiger partial charge < -0.3 is 15.6 Å². The van der Waals surface area contributed by atoms with Gasteiger partial charge in [0.05, 0.1) is 7.11 Å². The average molecular weight is 211 g/mol. The molecule has 0 spiro atoms. The molecule has 0 aliphatic carbocycles. The Kier molecular flexibility index (Phi) is 5.41. The van der Waals surface area contributed by atoms with E-state index in [-0.39, 0.29) is 13.2 Å². The molecular formula is C11H17NO3. The van der Waals surface area contributed by atoms with E-state index in [1.807, 2.05) is 0 Å². The molecule has 0 heterocycles. The van der Waals surface area contributed by atoms with Gasteiger partial charge in [0.25, 0.3) is 0 Å². The smallest absolute Gasteiger partial charge is 0.322 e. The van der Waals surface area contributed by atoms with E-state index in [0.29, 0.717) is 6.42 Å². The number of esters is 1. The zero-order valence-corrected chi connectivity index (χ0v) is 7.93. The van der Waals surface area contributed by atoms with Gasteiger partial charge >= 0.3 is 5.97 Å². The van der Waals surface area contributed by atoms with Crippen LogP contribution < -0.4 is 5.73 Å². The monoisotopic (exact) mass is 211 g/mol. The summed E-state index contributed by atoms with van der Waals surface area (Å²) in [6.45, 7) is 0. The SMILES string of the molecule is C.COC(=O)[C@@H](N)Cc1ccc(O)cc1. The summed E-state index contributed by atoms with van der Waals surface area (Å²) in [5.41, 5.74) is 6.45. The van der Waals surface area contributed by atoms with Crippen LogP contribution in [0.4, 0.5) is 0 Å². The van der Waals surface area contributed by atoms with Crippen LogP contribution in [0.2, 0.25) is 0 Å². The van der Waals surface area contributed by atoms with Crippen LogP contribution in [0.5, 0.6) is 5.75 Å². The molecule has 0 unspecified atom stereocenters. The molecule has 0 fully saturated rings. The maximum absolute atomic E-state index is 11.0. The Bertz CT molecular complexity index is 308. The van der Waals surface area contributed by atoms with Crippen LogP contribution in [0, 0.1) is 0 Å². The molecule has 0 aliphatic heterocycles. The minimum atomic E-state index is -0.649. The van der Waals surface area contributed by atoms with Crippen LogP contribution in [0.3, 0.4) is 0 Å². The molecule has 1 rings (SSSR count). The van der Waals surface area contributed by atoms with Gasteiger partial charge in [-0.1, -0.05) is 19.6 Å². The first-order valence-electron chi connectivity index (χ1n) is 4.25. The molecule has 0 saturated carbocycles. The van der Waals surface area contributed by atoms with Crippen molar-refractivity contribution in [2.24, 2.45) is 5.73 Å². The van der Waals surface area contributed by atoms with Gasteiger partial charge in [-0.3, -0.25) is 4.79 Å². The summed E-state index contributed by atoms with van der Waals surface area (Å²) in [5.74, 6) is -0.238. The van der Waals surface area contributed by atoms with Gasteiger partial charge in [-0.2, -0.15) is 0 Å². The van der Waals surface area contributed by atoms with Crippen LogP contribution in [0.1, 0.15) is 13.0 Å². The van der Waals surface area contributed by atoms with Crippen molar-refractivity contribution in [3.05, 3.63) is 29.8 Å². The van der Waals surface area contributed by atoms with Gasteiger partial charge in [0.2, 0.25) is 0 Å². The molecule has 0 aromatic heterocycles. The highest BCUT2D eigenvalue weighted by molar-refractivity contribution is 5.75. The largest absolute Gasteiger partial charge is 0.508 e. The molecule has 0 radical (unpaired) electrons. The number of ether oxygens (including phenoxy) is 1. The molecule has 1 aromatic carbocycles. The Labute approximate surface area is 89.7 Å². The summed E-state index contributed by atoms with van der Waals surface area (Å²) >= 11 is 0. The first-order chi connectivity index (χ1) is 6.63. The van der Waals surface area contributed by atoms with Crippen LogP contribution in [0.15, 0.2) is 24.3 Å². The minimum absolute atomic E-state index is 0. The third kappa shape index (κ3) is 3.99. The summed E-state index contributed by atoms with van der Waals surface area (Å²) < 4.78 is 4.49. The number of carbonyl (C=O) groups is 1. The highest BCUT2D eigenvalue weighted by Crippen LogP contribution is 2.10. The molecule has 0 saturated heterocycles. The Morgan fingerprint density at radius 2 is 2.00 bits per heavy atom. The van der Waals surface area contributed by atoms with E-state index in [2.05, 4.69) is 4.74 Å². The molecule has 84 valence electrons. The second-order valence-corrected chi connectivity index (χ2v) is 3.00. The lowest BCUT2D eigenvalue weighted by Gasteiger charge is -2.08. The molecule has 0 aliphatic rings. The molecule has 0 bridgehead atoms. The fourth-order valence-corrected chi connectivity index (χ4v) is 1.12. The quantitative estimate of drug-likeness (QED) is 0.733. The number of phenolic OH excluding ortho intramolecular Hbond substituents is 1. The van der Waals surface area contributed by atoms with Gasteiger partial charge in [-0.15, -0.1) is 0 Å². The summed E-state index contributed by atoms with van der Waals surface area (Å²) in [6, 6.07) is 5.90. The number of rotatable bonds is 3. The zero-order valence-electron chi connectivity index (χ0n) is 7.93. The molecule has 1 atom stereocenters. The Balaban J connectivity index is 0.00000196. The molecule has 0 amide bonds. The van der Waals surface area contributed by atoms with E-state index in [0.717, 1.165) is 5.56 Å². The van der Waals surface area contributed by atoms with Gasteiger partial charge in [0.15, 0.2) is 0 Å². The first-order valence-corrected chi connectivity index (χ1v) is 4.25. The van der Waals surface area contributed by atoms with Crippen molar-refractivity contribution < 1.29 is 14.6 Å². The first kappa shape index (κ1) is 13.4. The van der Waals surface area contributed by atoms with Gasteiger partial charge in [0.1, 0.15) is 11.8 Å². The van der Waals surface area contributed by atoms with E-state index >= 15 is 0 Å². The maximum Gasteiger partial charge on any atom is 0.322 e. The van der Waals surface area contributed by atoms with E-state index in [4.69, 9.17) is 10.8 Å². The summed E-state index contributed by atoms with van der Waals surface area (Å²) in [7, 11) is 1.30. The second kappa shape index (κ2) is 6.03. The van der Waals surface area contributed by atoms with E-state index in [1.165, 1.54) is 7.11 Å². The van der Waals surface area contributed by atoms with Crippen molar-refractivity contribution in [2.45, 2.75) is 19.9 Å². The number of aromatic hydroxyl groups is 1. The van der Waals surface area contributed by atoms with Gasteiger partial charge in [-0.25, -0.2) is 0 Å². The predicted molar refractivity (Wildman–Crippen MR) is 58.5 cm³/mol. The number of benzene rings is 1. The van der Waals surface area contributed by atoms with Crippen molar-refractivity contribution in [2.75, 3.05) is 7.11 Å². The molecule has 1 aromatic rings. The second-order valence-electron chi connectivity index (χ2n) is 3.00. The maximum atomic E-state index is 11.0. The highest BCUT2D eigenvalue weighted by atomic mass is 16.5. The van der Waals surface area contributed by atoms with Crippen molar-refractivity contribution in [1.29, 1.82) is 0 Å². The lowest BCUT2D eigenvalue weighted by atomic mass is 10.1. The van der Waals surface area contributed by atoms with Gasteiger partial charge in [0, 0.05) is 0 Å². The zero-order chi connectivity index (χ0) is 10.6. The lowest BCUT2D eigenvalue weighted by Crippen LogP contribution is -2.33. The lowest BCUT2D eigenvalue weighted by molar-refractivity contribution is -0.142. The summed E-state index contributed by atoms with van der Waals surface area (Å²) in [5, 5.41) is 9.02. The van der Waals surface area contributed by atoms with E-state index < -0.39 is 12.0 Å². The normalized spacial score (nSPS) is 11.3. The third-order valence-electron chi connectivity index (χ3n) is 1.90. The molecular weight excluding hydrogens is 194 g/mol. The van der Waals surface area contributed by atoms with Crippen molar-refractivity contribution in [3.63, 3.8) is 0 Å². The van der Waals surface area contributed by atoms with E-state index in [1.54, 1.807) is 24.3 Å². The number of hydrogen-bond acceptors (Lipinski definition) is 4. The Morgan fingerprint density at radius 1 is 1.47 bits per heavy atom. The highest BCUT2D eigenvalue weighted by Gasteiger charge is 2.13. The van der Waals surface area contributed by atoms with Crippen LogP contribution in [-0.2, 0) is 16.0 Å². The summed E-state index contributed by atoms with van der Waals surface area (Å²) in [6.07, 6.45) is 0.410. The van der Waals surface area contributed by atoms with Crippen molar-refractivity contribution in [1.82, 2.24) is 0 Å². The Hall–Kier alpha value is -1.55. The molecule has 4 nitrogen and oxygen atoms in total. The number of nitrogens with two attached hydrogens (primary N) is 1.